The minimum Gasteiger partial charge on any atom is -0.381 e. The van der Waals surface area contributed by atoms with Crippen LogP contribution in [0.2, 0.25) is 5.02 Å². The van der Waals surface area contributed by atoms with Crippen molar-refractivity contribution in [3.63, 3.8) is 0 Å². The van der Waals surface area contributed by atoms with E-state index >= 15 is 0 Å². The minimum absolute atomic E-state index is 0.00324. The van der Waals surface area contributed by atoms with Crippen LogP contribution in [0.4, 0.5) is 18.9 Å². The van der Waals surface area contributed by atoms with Crippen molar-refractivity contribution in [3.05, 3.63) is 28.8 Å². The van der Waals surface area contributed by atoms with E-state index in [2.05, 4.69) is 5.32 Å². The summed E-state index contributed by atoms with van der Waals surface area (Å²) in [7, 11) is 0. The number of benzene rings is 1. The smallest absolute Gasteiger partial charge is 0.381 e. The van der Waals surface area contributed by atoms with Gasteiger partial charge in [0, 0.05) is 6.04 Å². The average Bonchev–Trinajstić information content (AvgIpc) is 2.83. The summed E-state index contributed by atoms with van der Waals surface area (Å²) < 4.78 is 38.9. The van der Waals surface area contributed by atoms with Gasteiger partial charge in [-0.1, -0.05) is 30.5 Å². The van der Waals surface area contributed by atoms with Crippen LogP contribution >= 0.6 is 11.6 Å². The van der Waals surface area contributed by atoms with Gasteiger partial charge < -0.3 is 5.32 Å². The Morgan fingerprint density at radius 3 is 2.47 bits per heavy atom. The summed E-state index contributed by atoms with van der Waals surface area (Å²) in [5, 5.41) is 3.10. The first kappa shape index (κ1) is 14.5. The van der Waals surface area contributed by atoms with Crippen LogP contribution in [0.1, 0.15) is 38.2 Å². The molecule has 1 N–H and O–H groups in total. The van der Waals surface area contributed by atoms with Gasteiger partial charge in [0.15, 0.2) is 0 Å². The maximum Gasteiger partial charge on any atom is 0.418 e. The summed E-state index contributed by atoms with van der Waals surface area (Å²) in [5.41, 5.74) is -0.680. The van der Waals surface area contributed by atoms with Gasteiger partial charge in [-0.15, -0.1) is 0 Å². The van der Waals surface area contributed by atoms with E-state index in [1.165, 1.54) is 12.1 Å². The molecule has 0 heterocycles. The van der Waals surface area contributed by atoms with Crippen LogP contribution in [0.3, 0.4) is 0 Å². The molecule has 5 heteroatoms. The molecule has 1 unspecified atom stereocenters. The summed E-state index contributed by atoms with van der Waals surface area (Å²) >= 11 is 5.92. The Labute approximate surface area is 116 Å². The highest BCUT2D eigenvalue weighted by atomic mass is 35.5. The molecule has 0 aromatic heterocycles. The lowest BCUT2D eigenvalue weighted by Crippen LogP contribution is -2.25. The molecule has 0 saturated heterocycles. The number of nitrogens with one attached hydrogen (secondary N) is 1. The van der Waals surface area contributed by atoms with Crippen molar-refractivity contribution >= 4 is 17.3 Å². The number of alkyl halides is 3. The quantitative estimate of drug-likeness (QED) is 0.791. The topological polar surface area (TPSA) is 12.0 Å². The van der Waals surface area contributed by atoms with Gasteiger partial charge in [0.1, 0.15) is 0 Å². The van der Waals surface area contributed by atoms with Gasteiger partial charge in [-0.25, -0.2) is 0 Å². The van der Waals surface area contributed by atoms with Gasteiger partial charge in [0.05, 0.1) is 16.3 Å². The fraction of sp³-hybridized carbons (Fsp3) is 0.571. The van der Waals surface area contributed by atoms with E-state index in [1.54, 1.807) is 0 Å². The Kier molecular flexibility index (Phi) is 4.29. The fourth-order valence-corrected chi connectivity index (χ4v) is 2.94. The molecule has 0 spiro atoms. The Morgan fingerprint density at radius 2 is 1.89 bits per heavy atom. The van der Waals surface area contributed by atoms with Crippen LogP contribution in [-0.2, 0) is 6.18 Å². The first-order chi connectivity index (χ1) is 8.89. The summed E-state index contributed by atoms with van der Waals surface area (Å²) in [6.45, 7) is 1.93. The van der Waals surface area contributed by atoms with Crippen molar-refractivity contribution < 1.29 is 13.2 Å². The number of anilines is 1. The summed E-state index contributed by atoms with van der Waals surface area (Å²) in [6, 6.07) is 3.88. The summed E-state index contributed by atoms with van der Waals surface area (Å²) in [5.74, 6) is 0.428. The van der Waals surface area contributed by atoms with Crippen molar-refractivity contribution in [3.8, 4) is 0 Å². The Bertz CT molecular complexity index is 439. The molecule has 2 rings (SSSR count). The van der Waals surface area contributed by atoms with Crippen LogP contribution in [0.25, 0.3) is 0 Å². The maximum absolute atomic E-state index is 13.0. The second-order valence-electron chi connectivity index (χ2n) is 5.14. The third kappa shape index (κ3) is 3.35. The van der Waals surface area contributed by atoms with Crippen molar-refractivity contribution in [2.75, 3.05) is 5.32 Å². The Balaban J connectivity index is 2.23. The van der Waals surface area contributed by atoms with E-state index in [4.69, 9.17) is 11.6 Å². The predicted molar refractivity (Wildman–Crippen MR) is 71.5 cm³/mol. The number of hydrogen-bond donors (Lipinski definition) is 1. The van der Waals surface area contributed by atoms with E-state index in [0.717, 1.165) is 31.7 Å². The van der Waals surface area contributed by atoms with E-state index in [0.29, 0.717) is 5.92 Å². The SMILES string of the molecule is CC(Nc1c(Cl)cccc1C(F)(F)F)C1CCCC1. The maximum atomic E-state index is 13.0. The first-order valence-electron chi connectivity index (χ1n) is 6.52. The summed E-state index contributed by atoms with van der Waals surface area (Å²) in [4.78, 5) is 0. The molecule has 1 aromatic carbocycles. The standard InChI is InChI=1S/C14H17ClF3N/c1-9(10-5-2-3-6-10)19-13-11(14(16,17)18)7-4-8-12(13)15/h4,7-10,19H,2-3,5-6H2,1H3. The largest absolute Gasteiger partial charge is 0.418 e. The fourth-order valence-electron chi connectivity index (χ4n) is 2.71. The van der Waals surface area contributed by atoms with Gasteiger partial charge in [0.25, 0.3) is 0 Å². The minimum atomic E-state index is -4.39. The molecule has 1 aliphatic carbocycles. The second-order valence-corrected chi connectivity index (χ2v) is 5.54. The van der Waals surface area contributed by atoms with Gasteiger partial charge in [0.2, 0.25) is 0 Å². The van der Waals surface area contributed by atoms with E-state index in [1.807, 2.05) is 6.92 Å². The first-order valence-corrected chi connectivity index (χ1v) is 6.89. The zero-order valence-corrected chi connectivity index (χ0v) is 11.5. The Morgan fingerprint density at radius 1 is 1.26 bits per heavy atom. The summed E-state index contributed by atoms with van der Waals surface area (Å²) in [6.07, 6.45) is 0.0687. The molecule has 1 atom stereocenters. The van der Waals surface area contributed by atoms with E-state index in [-0.39, 0.29) is 16.8 Å². The van der Waals surface area contributed by atoms with E-state index < -0.39 is 11.7 Å². The van der Waals surface area contributed by atoms with Crippen LogP contribution in [0.15, 0.2) is 18.2 Å². The van der Waals surface area contributed by atoms with Crippen molar-refractivity contribution in [1.82, 2.24) is 0 Å². The average molecular weight is 292 g/mol. The van der Waals surface area contributed by atoms with Gasteiger partial charge in [-0.05, 0) is 37.8 Å². The molecule has 1 fully saturated rings. The van der Waals surface area contributed by atoms with Gasteiger partial charge >= 0.3 is 6.18 Å². The molecule has 1 saturated carbocycles. The number of hydrogen-bond acceptors (Lipinski definition) is 1. The number of rotatable bonds is 3. The zero-order chi connectivity index (χ0) is 14.0. The highest BCUT2D eigenvalue weighted by molar-refractivity contribution is 6.33. The lowest BCUT2D eigenvalue weighted by Gasteiger charge is -2.24. The third-order valence-corrected chi connectivity index (χ3v) is 4.11. The second kappa shape index (κ2) is 5.61. The number of halogens is 4. The third-order valence-electron chi connectivity index (χ3n) is 3.80. The molecular weight excluding hydrogens is 275 g/mol. The van der Waals surface area contributed by atoms with Crippen LogP contribution < -0.4 is 5.32 Å². The van der Waals surface area contributed by atoms with Crippen molar-refractivity contribution in [2.45, 2.75) is 44.8 Å². The highest BCUT2D eigenvalue weighted by Crippen LogP contribution is 2.40. The number of para-hydroxylation sites is 1. The molecule has 0 amide bonds. The zero-order valence-electron chi connectivity index (χ0n) is 10.7. The monoisotopic (exact) mass is 291 g/mol. The van der Waals surface area contributed by atoms with Crippen molar-refractivity contribution in [1.29, 1.82) is 0 Å². The molecular formula is C14H17ClF3N. The molecule has 0 radical (unpaired) electrons. The van der Waals surface area contributed by atoms with Gasteiger partial charge in [-0.3, -0.25) is 0 Å². The van der Waals surface area contributed by atoms with Crippen LogP contribution in [-0.4, -0.2) is 6.04 Å². The lowest BCUT2D eigenvalue weighted by atomic mass is 9.99. The van der Waals surface area contributed by atoms with E-state index in [9.17, 15) is 13.2 Å². The Hall–Kier alpha value is -0.900. The van der Waals surface area contributed by atoms with Crippen LogP contribution in [0, 0.1) is 5.92 Å². The molecule has 1 aromatic rings. The normalized spacial score (nSPS) is 18.6. The molecule has 106 valence electrons. The molecule has 1 aliphatic rings. The predicted octanol–water partition coefficient (Wildman–Crippen LogP) is 5.35. The molecule has 1 nitrogen and oxygen atoms in total. The lowest BCUT2D eigenvalue weighted by molar-refractivity contribution is -0.137. The van der Waals surface area contributed by atoms with Crippen LogP contribution in [0.5, 0.6) is 0 Å². The molecule has 0 bridgehead atoms. The molecule has 19 heavy (non-hydrogen) atoms. The van der Waals surface area contributed by atoms with Gasteiger partial charge in [-0.2, -0.15) is 13.2 Å². The highest BCUT2D eigenvalue weighted by Gasteiger charge is 2.35. The van der Waals surface area contributed by atoms with Crippen molar-refractivity contribution in [2.24, 2.45) is 5.92 Å². The molecule has 0 aliphatic heterocycles.